The monoisotopic (exact) mass is 248 g/mol. The van der Waals surface area contributed by atoms with Crippen molar-refractivity contribution in [1.29, 1.82) is 0 Å². The molecular weight excluding hydrogens is 234 g/mol. The van der Waals surface area contributed by atoms with E-state index in [1.807, 2.05) is 0 Å². The zero-order chi connectivity index (χ0) is 12.2. The van der Waals surface area contributed by atoms with Crippen molar-refractivity contribution in [2.24, 2.45) is 0 Å². The van der Waals surface area contributed by atoms with Crippen molar-refractivity contribution in [3.8, 4) is 0 Å². The second kappa shape index (κ2) is 5.49. The highest BCUT2D eigenvalue weighted by Crippen LogP contribution is 2.14. The molecule has 0 radical (unpaired) electrons. The lowest BCUT2D eigenvalue weighted by Gasteiger charge is -2.19. The molecule has 0 fully saturated rings. The average molecular weight is 248 g/mol. The molecule has 3 nitrogen and oxygen atoms in total. The van der Waals surface area contributed by atoms with Gasteiger partial charge in [-0.25, -0.2) is 8.78 Å². The van der Waals surface area contributed by atoms with E-state index in [0.29, 0.717) is 18.4 Å². The summed E-state index contributed by atoms with van der Waals surface area (Å²) in [6.45, 7) is 0. The number of halogens is 2. The van der Waals surface area contributed by atoms with E-state index >= 15 is 0 Å². The highest BCUT2D eigenvalue weighted by atomic mass is 28.2. The summed E-state index contributed by atoms with van der Waals surface area (Å²) < 4.78 is 30.1. The Labute approximate surface area is 95.2 Å². The molecule has 0 unspecified atom stereocenters. The summed E-state index contributed by atoms with van der Waals surface area (Å²) in [4.78, 5) is 0. The summed E-state index contributed by atoms with van der Waals surface area (Å²) in [5, 5.41) is 18.3. The van der Waals surface area contributed by atoms with Gasteiger partial charge < -0.3 is 14.6 Å². The molecule has 0 aliphatic rings. The van der Waals surface area contributed by atoms with E-state index in [1.165, 1.54) is 12.1 Å². The first-order valence-electron chi connectivity index (χ1n) is 4.88. The predicted molar refractivity (Wildman–Crippen MR) is 57.5 cm³/mol. The van der Waals surface area contributed by atoms with E-state index < -0.39 is 17.6 Å². The van der Waals surface area contributed by atoms with E-state index in [0.717, 1.165) is 6.07 Å². The van der Waals surface area contributed by atoms with Gasteiger partial charge in [-0.15, -0.1) is 0 Å². The van der Waals surface area contributed by atoms with Gasteiger partial charge in [0, 0.05) is 12.5 Å². The molecule has 0 aromatic heterocycles. The molecule has 0 bridgehead atoms. The van der Waals surface area contributed by atoms with E-state index in [1.54, 1.807) is 0 Å². The smallest absolute Gasteiger partial charge is 0.267 e. The van der Waals surface area contributed by atoms with Crippen LogP contribution in [0, 0.1) is 11.6 Å². The number of rotatable bonds is 5. The van der Waals surface area contributed by atoms with Gasteiger partial charge in [0.2, 0.25) is 0 Å². The van der Waals surface area contributed by atoms with Crippen molar-refractivity contribution in [1.82, 2.24) is 0 Å². The standard InChI is InChI=1S/C10H14F2O3Si/c11-8-4-7(5-9(12)6-8)2-1-3-10(13,14)15-16/h4-6,13-14H,1-3H2,16H3. The molecule has 1 rings (SSSR count). The van der Waals surface area contributed by atoms with Crippen LogP contribution in [0.25, 0.3) is 0 Å². The van der Waals surface area contributed by atoms with Crippen molar-refractivity contribution in [3.63, 3.8) is 0 Å². The lowest BCUT2D eigenvalue weighted by Crippen LogP contribution is -2.30. The van der Waals surface area contributed by atoms with Crippen molar-refractivity contribution in [2.45, 2.75) is 25.2 Å². The number of aliphatic hydroxyl groups is 2. The minimum Gasteiger partial charge on any atom is -0.381 e. The topological polar surface area (TPSA) is 49.7 Å². The van der Waals surface area contributed by atoms with Crippen LogP contribution in [0.5, 0.6) is 0 Å². The maximum atomic E-state index is 12.8. The Morgan fingerprint density at radius 1 is 1.19 bits per heavy atom. The minimum absolute atomic E-state index is 0.00856. The Kier molecular flexibility index (Phi) is 4.54. The third kappa shape index (κ3) is 4.36. The molecule has 0 aliphatic carbocycles. The Hall–Kier alpha value is -0.823. The quantitative estimate of drug-likeness (QED) is 0.579. The lowest BCUT2D eigenvalue weighted by molar-refractivity contribution is -0.295. The molecule has 16 heavy (non-hydrogen) atoms. The highest BCUT2D eigenvalue weighted by molar-refractivity contribution is 5.98. The molecule has 0 amide bonds. The van der Waals surface area contributed by atoms with Gasteiger partial charge in [0.05, 0.1) is 0 Å². The molecule has 2 N–H and O–H groups in total. The van der Waals surface area contributed by atoms with E-state index in [2.05, 4.69) is 4.43 Å². The molecule has 90 valence electrons. The second-order valence-corrected chi connectivity index (χ2v) is 3.99. The van der Waals surface area contributed by atoms with Gasteiger partial charge in [-0.1, -0.05) is 0 Å². The molecule has 1 aromatic rings. The van der Waals surface area contributed by atoms with Gasteiger partial charge in [-0.2, -0.15) is 0 Å². The SMILES string of the molecule is OC(O)(CCCc1cc(F)cc(F)c1)O[SiH3]. The zero-order valence-corrected chi connectivity index (χ0v) is 10.9. The fraction of sp³-hybridized carbons (Fsp3) is 0.400. The summed E-state index contributed by atoms with van der Waals surface area (Å²) in [6.07, 6.45) is 0.745. The molecule has 0 saturated carbocycles. The van der Waals surface area contributed by atoms with Gasteiger partial charge in [-0.05, 0) is 30.5 Å². The Morgan fingerprint density at radius 2 is 1.75 bits per heavy atom. The largest absolute Gasteiger partial charge is 0.381 e. The molecular formula is C10H14F2O3Si. The third-order valence-corrected chi connectivity index (χ3v) is 2.87. The Balaban J connectivity index is 2.49. The molecule has 0 spiro atoms. The van der Waals surface area contributed by atoms with Crippen LogP contribution in [-0.2, 0) is 10.8 Å². The van der Waals surface area contributed by atoms with Crippen LogP contribution in [0.2, 0.25) is 0 Å². The van der Waals surface area contributed by atoms with Gasteiger partial charge >= 0.3 is 0 Å². The van der Waals surface area contributed by atoms with Crippen LogP contribution >= 0.6 is 0 Å². The molecule has 1 aromatic carbocycles. The first kappa shape index (κ1) is 13.2. The molecule has 0 heterocycles. The molecule has 6 heteroatoms. The summed E-state index contributed by atoms with van der Waals surface area (Å²) >= 11 is 0. The molecule has 0 aliphatic heterocycles. The summed E-state index contributed by atoms with van der Waals surface area (Å²) in [7, 11) is 0.211. The zero-order valence-electron chi connectivity index (χ0n) is 8.91. The van der Waals surface area contributed by atoms with E-state index in [4.69, 9.17) is 10.2 Å². The number of hydrogen-bond acceptors (Lipinski definition) is 3. The Bertz CT molecular complexity index is 338. The van der Waals surface area contributed by atoms with Crippen LogP contribution in [0.4, 0.5) is 8.78 Å². The van der Waals surface area contributed by atoms with Crippen LogP contribution < -0.4 is 0 Å². The van der Waals surface area contributed by atoms with Crippen molar-refractivity contribution >= 4 is 10.5 Å². The van der Waals surface area contributed by atoms with Gasteiger partial charge in [0.15, 0.2) is 10.5 Å². The maximum absolute atomic E-state index is 12.8. The fourth-order valence-electron chi connectivity index (χ4n) is 1.38. The minimum atomic E-state index is -2.11. The first-order valence-corrected chi connectivity index (χ1v) is 5.69. The molecule has 0 atom stereocenters. The summed E-state index contributed by atoms with van der Waals surface area (Å²) in [6, 6.07) is 3.24. The molecule has 0 saturated heterocycles. The number of hydrogen-bond donors (Lipinski definition) is 2. The van der Waals surface area contributed by atoms with Crippen LogP contribution in [0.3, 0.4) is 0 Å². The van der Waals surface area contributed by atoms with Crippen molar-refractivity contribution < 1.29 is 23.4 Å². The van der Waals surface area contributed by atoms with Crippen LogP contribution in [0.15, 0.2) is 18.2 Å². The normalized spacial score (nSPS) is 12.0. The Morgan fingerprint density at radius 3 is 2.25 bits per heavy atom. The van der Waals surface area contributed by atoms with Crippen molar-refractivity contribution in [2.75, 3.05) is 0 Å². The van der Waals surface area contributed by atoms with Crippen LogP contribution in [-0.4, -0.2) is 26.7 Å². The fourth-order valence-corrected chi connectivity index (χ4v) is 1.58. The number of aryl methyl sites for hydroxylation is 1. The van der Waals surface area contributed by atoms with E-state index in [-0.39, 0.29) is 16.9 Å². The van der Waals surface area contributed by atoms with Gasteiger partial charge in [0.25, 0.3) is 5.97 Å². The number of benzene rings is 1. The average Bonchev–Trinajstić information content (AvgIpc) is 2.16. The summed E-state index contributed by atoms with van der Waals surface area (Å²) in [5.41, 5.74) is 0.488. The third-order valence-electron chi connectivity index (χ3n) is 2.22. The van der Waals surface area contributed by atoms with Crippen LogP contribution in [0.1, 0.15) is 18.4 Å². The summed E-state index contributed by atoms with van der Waals surface area (Å²) in [5.74, 6) is -3.38. The van der Waals surface area contributed by atoms with Gasteiger partial charge in [-0.3, -0.25) is 0 Å². The maximum Gasteiger partial charge on any atom is 0.267 e. The predicted octanol–water partition coefficient (Wildman–Crippen LogP) is 0.223. The van der Waals surface area contributed by atoms with Crippen molar-refractivity contribution in [3.05, 3.63) is 35.4 Å². The highest BCUT2D eigenvalue weighted by Gasteiger charge is 2.20. The van der Waals surface area contributed by atoms with E-state index in [9.17, 15) is 8.78 Å². The first-order chi connectivity index (χ1) is 7.43. The second-order valence-electron chi connectivity index (χ2n) is 3.58. The van der Waals surface area contributed by atoms with Gasteiger partial charge in [0.1, 0.15) is 11.6 Å². The lowest BCUT2D eigenvalue weighted by atomic mass is 10.1.